The summed E-state index contributed by atoms with van der Waals surface area (Å²) < 4.78 is 5.30. The van der Waals surface area contributed by atoms with Crippen LogP contribution in [0.3, 0.4) is 0 Å². The molecular formula is C23H30N2O2. The lowest BCUT2D eigenvalue weighted by Gasteiger charge is -2.26. The van der Waals surface area contributed by atoms with Crippen molar-refractivity contribution in [2.24, 2.45) is 0 Å². The van der Waals surface area contributed by atoms with E-state index in [1.807, 2.05) is 48.5 Å². The largest absolute Gasteiger partial charge is 0.497 e. The Balaban J connectivity index is 1.47. The summed E-state index contributed by atoms with van der Waals surface area (Å²) in [5.74, 6) is 0.923. The first-order valence-electron chi connectivity index (χ1n) is 10.0. The molecule has 0 atom stereocenters. The fraction of sp³-hybridized carbons (Fsp3) is 0.435. The molecule has 0 radical (unpaired) electrons. The number of rotatable bonds is 8. The van der Waals surface area contributed by atoms with Crippen molar-refractivity contribution in [1.82, 2.24) is 4.90 Å². The summed E-state index contributed by atoms with van der Waals surface area (Å²) in [6, 6.07) is 15.9. The van der Waals surface area contributed by atoms with Crippen LogP contribution in [0.15, 0.2) is 48.5 Å². The van der Waals surface area contributed by atoms with Gasteiger partial charge in [-0.15, -0.1) is 0 Å². The minimum Gasteiger partial charge on any atom is -0.497 e. The minimum atomic E-state index is 0.0939. The number of hydrogen-bond donors (Lipinski definition) is 1. The molecule has 0 aliphatic carbocycles. The monoisotopic (exact) mass is 366 g/mol. The van der Waals surface area contributed by atoms with Crippen molar-refractivity contribution < 1.29 is 9.53 Å². The first-order valence-corrected chi connectivity index (χ1v) is 10.0. The fourth-order valence-corrected chi connectivity index (χ4v) is 3.61. The zero-order valence-corrected chi connectivity index (χ0v) is 16.2. The zero-order chi connectivity index (χ0) is 18.9. The first-order chi connectivity index (χ1) is 13.2. The molecule has 0 spiro atoms. The average molecular weight is 367 g/mol. The summed E-state index contributed by atoms with van der Waals surface area (Å²) in [6.45, 7) is 3.57. The Bertz CT molecular complexity index is 739. The zero-order valence-electron chi connectivity index (χ0n) is 16.2. The molecule has 4 nitrogen and oxygen atoms in total. The number of anilines is 1. The van der Waals surface area contributed by atoms with E-state index in [1.165, 1.54) is 32.4 Å². The highest BCUT2D eigenvalue weighted by Gasteiger charge is 2.10. The molecule has 0 unspecified atom stereocenters. The molecule has 2 aromatic carbocycles. The molecule has 4 heteroatoms. The van der Waals surface area contributed by atoms with E-state index in [9.17, 15) is 4.79 Å². The second-order valence-corrected chi connectivity index (χ2v) is 7.22. The van der Waals surface area contributed by atoms with Gasteiger partial charge < -0.3 is 15.0 Å². The number of benzene rings is 2. The van der Waals surface area contributed by atoms with E-state index in [0.717, 1.165) is 42.0 Å². The van der Waals surface area contributed by atoms with E-state index in [1.54, 1.807) is 7.11 Å². The molecule has 1 fully saturated rings. The smallest absolute Gasteiger partial charge is 0.224 e. The molecule has 2 aromatic rings. The van der Waals surface area contributed by atoms with Gasteiger partial charge in [-0.3, -0.25) is 4.79 Å². The molecule has 27 heavy (non-hydrogen) atoms. The second-order valence-electron chi connectivity index (χ2n) is 7.22. The van der Waals surface area contributed by atoms with Crippen LogP contribution in [0.2, 0.25) is 0 Å². The van der Waals surface area contributed by atoms with Crippen molar-refractivity contribution in [2.75, 3.05) is 32.1 Å². The predicted molar refractivity (Wildman–Crippen MR) is 111 cm³/mol. The Labute approximate surface area is 162 Å². The lowest BCUT2D eigenvalue weighted by Crippen LogP contribution is -2.30. The van der Waals surface area contributed by atoms with E-state index >= 15 is 0 Å². The highest BCUT2D eigenvalue weighted by Crippen LogP contribution is 2.26. The van der Waals surface area contributed by atoms with Gasteiger partial charge in [-0.2, -0.15) is 0 Å². The van der Waals surface area contributed by atoms with Crippen LogP contribution in [0.25, 0.3) is 11.1 Å². The van der Waals surface area contributed by atoms with Crippen LogP contribution in [-0.2, 0) is 4.79 Å². The molecule has 1 amide bonds. The Kier molecular flexibility index (Phi) is 7.28. The van der Waals surface area contributed by atoms with E-state index in [2.05, 4.69) is 10.2 Å². The Morgan fingerprint density at radius 1 is 1.00 bits per heavy atom. The van der Waals surface area contributed by atoms with E-state index in [0.29, 0.717) is 6.42 Å². The van der Waals surface area contributed by atoms with E-state index in [-0.39, 0.29) is 5.91 Å². The normalized spacial score (nSPS) is 14.7. The second kappa shape index (κ2) is 10.1. The molecule has 1 aliphatic rings. The summed E-state index contributed by atoms with van der Waals surface area (Å²) in [5, 5.41) is 3.04. The van der Waals surface area contributed by atoms with Gasteiger partial charge in [-0.25, -0.2) is 0 Å². The fourth-order valence-electron chi connectivity index (χ4n) is 3.61. The van der Waals surface area contributed by atoms with E-state index < -0.39 is 0 Å². The number of carbonyl (C=O) groups excluding carboxylic acids is 1. The van der Waals surface area contributed by atoms with Crippen LogP contribution in [0, 0.1) is 0 Å². The summed E-state index contributed by atoms with van der Waals surface area (Å²) in [5.41, 5.74) is 2.99. The van der Waals surface area contributed by atoms with Crippen molar-refractivity contribution in [1.29, 1.82) is 0 Å². The molecule has 1 N–H and O–H groups in total. The molecule has 3 rings (SSSR count). The van der Waals surface area contributed by atoms with Gasteiger partial charge >= 0.3 is 0 Å². The average Bonchev–Trinajstić information content (AvgIpc) is 2.72. The van der Waals surface area contributed by atoms with Crippen molar-refractivity contribution >= 4 is 11.6 Å². The van der Waals surface area contributed by atoms with Gasteiger partial charge in [0.05, 0.1) is 7.11 Å². The van der Waals surface area contributed by atoms with Crippen molar-refractivity contribution in [2.45, 2.75) is 38.5 Å². The number of likely N-dealkylation sites (tertiary alicyclic amines) is 1. The van der Waals surface area contributed by atoms with Crippen molar-refractivity contribution in [3.8, 4) is 16.9 Å². The lowest BCUT2D eigenvalue weighted by atomic mass is 10.0. The Morgan fingerprint density at radius 3 is 2.52 bits per heavy atom. The molecular weight excluding hydrogens is 336 g/mol. The molecule has 1 aliphatic heterocycles. The van der Waals surface area contributed by atoms with Crippen LogP contribution < -0.4 is 10.1 Å². The van der Waals surface area contributed by atoms with Gasteiger partial charge in [-0.1, -0.05) is 30.7 Å². The van der Waals surface area contributed by atoms with Crippen LogP contribution in [0.4, 0.5) is 5.69 Å². The third-order valence-corrected chi connectivity index (χ3v) is 5.13. The SMILES string of the molecule is COc1cccc(-c2cccc(NC(=O)CCCCN3CCCCC3)c2)c1. The molecule has 0 aromatic heterocycles. The van der Waals surface area contributed by atoms with E-state index in [4.69, 9.17) is 4.74 Å². The number of ether oxygens (including phenoxy) is 1. The number of unbranched alkanes of at least 4 members (excludes halogenated alkanes) is 1. The van der Waals surface area contributed by atoms with Gasteiger partial charge in [0, 0.05) is 12.1 Å². The number of carbonyl (C=O) groups is 1. The Hall–Kier alpha value is -2.33. The number of nitrogens with zero attached hydrogens (tertiary/aromatic N) is 1. The standard InChI is InChI=1S/C23H30N2O2/c1-27-22-12-8-10-20(18-22)19-9-7-11-21(17-19)24-23(26)13-3-6-16-25-14-4-2-5-15-25/h7-12,17-18H,2-6,13-16H2,1H3,(H,24,26). The highest BCUT2D eigenvalue weighted by molar-refractivity contribution is 5.91. The lowest BCUT2D eigenvalue weighted by molar-refractivity contribution is -0.116. The third kappa shape index (κ3) is 6.10. The van der Waals surface area contributed by atoms with Gasteiger partial charge in [0.25, 0.3) is 0 Å². The number of methoxy groups -OCH3 is 1. The Morgan fingerprint density at radius 2 is 1.74 bits per heavy atom. The third-order valence-electron chi connectivity index (χ3n) is 5.13. The predicted octanol–water partition coefficient (Wildman–Crippen LogP) is 4.96. The number of piperidine rings is 1. The summed E-state index contributed by atoms with van der Waals surface area (Å²) in [6.07, 6.45) is 6.63. The first kappa shape index (κ1) is 19.4. The maximum Gasteiger partial charge on any atom is 0.224 e. The topological polar surface area (TPSA) is 41.6 Å². The van der Waals surface area contributed by atoms with Crippen LogP contribution >= 0.6 is 0 Å². The van der Waals surface area contributed by atoms with Gasteiger partial charge in [0.2, 0.25) is 5.91 Å². The van der Waals surface area contributed by atoms with Gasteiger partial charge in [0.15, 0.2) is 0 Å². The van der Waals surface area contributed by atoms with Gasteiger partial charge in [-0.05, 0) is 80.7 Å². The molecule has 0 bridgehead atoms. The maximum absolute atomic E-state index is 12.3. The quantitative estimate of drug-likeness (QED) is 0.672. The molecule has 1 saturated heterocycles. The van der Waals surface area contributed by atoms with Crippen LogP contribution in [0.1, 0.15) is 38.5 Å². The maximum atomic E-state index is 12.3. The molecule has 1 heterocycles. The van der Waals surface area contributed by atoms with Crippen LogP contribution in [-0.4, -0.2) is 37.6 Å². The van der Waals surface area contributed by atoms with Crippen molar-refractivity contribution in [3.63, 3.8) is 0 Å². The number of hydrogen-bond acceptors (Lipinski definition) is 3. The summed E-state index contributed by atoms with van der Waals surface area (Å²) in [4.78, 5) is 14.8. The number of nitrogens with one attached hydrogen (secondary N) is 1. The number of amides is 1. The van der Waals surface area contributed by atoms with Crippen molar-refractivity contribution in [3.05, 3.63) is 48.5 Å². The van der Waals surface area contributed by atoms with Crippen LogP contribution in [0.5, 0.6) is 5.75 Å². The summed E-state index contributed by atoms with van der Waals surface area (Å²) >= 11 is 0. The van der Waals surface area contributed by atoms with Gasteiger partial charge in [0.1, 0.15) is 5.75 Å². The molecule has 0 saturated carbocycles. The highest BCUT2D eigenvalue weighted by atomic mass is 16.5. The summed E-state index contributed by atoms with van der Waals surface area (Å²) in [7, 11) is 1.67. The minimum absolute atomic E-state index is 0.0939. The molecule has 144 valence electrons.